The van der Waals surface area contributed by atoms with Crippen LogP contribution in [-0.4, -0.2) is 35.1 Å². The lowest BCUT2D eigenvalue weighted by Crippen LogP contribution is -2.05. The van der Waals surface area contributed by atoms with Gasteiger partial charge in [-0.15, -0.1) is 10.2 Å². The van der Waals surface area contributed by atoms with Crippen LogP contribution in [0.1, 0.15) is 20.7 Å². The van der Waals surface area contributed by atoms with Gasteiger partial charge in [0.25, 0.3) is 10.1 Å². The molecule has 0 aliphatic heterocycles. The smallest absolute Gasteiger partial charge is 0.335 e. The topological polar surface area (TPSA) is 230 Å². The summed E-state index contributed by atoms with van der Waals surface area (Å²) in [6.07, 6.45) is 0. The summed E-state index contributed by atoms with van der Waals surface area (Å²) >= 11 is 0. The van der Waals surface area contributed by atoms with Crippen molar-refractivity contribution in [1.82, 2.24) is 0 Å². The monoisotopic (exact) mass is 484 g/mol. The zero-order chi connectivity index (χ0) is 25.0. The summed E-state index contributed by atoms with van der Waals surface area (Å²) < 4.78 is 33.2. The Morgan fingerprint density at radius 1 is 0.735 bits per heavy atom. The van der Waals surface area contributed by atoms with E-state index in [2.05, 4.69) is 20.5 Å². The summed E-state index contributed by atoms with van der Waals surface area (Å²) in [6.45, 7) is 0. The van der Waals surface area contributed by atoms with Crippen molar-refractivity contribution in [3.05, 3.63) is 65.7 Å². The number of carbonyl (C=O) groups is 2. The molecule has 0 spiro atoms. The van der Waals surface area contributed by atoms with Gasteiger partial charge in [-0.3, -0.25) is 4.55 Å². The molecule has 13 nitrogen and oxygen atoms in total. The number of benzene rings is 3. The molecule has 0 aliphatic rings. The first-order valence-corrected chi connectivity index (χ1v) is 10.6. The number of hydrogen-bond acceptors (Lipinski definition) is 10. The van der Waals surface area contributed by atoms with Gasteiger partial charge < -0.3 is 21.7 Å². The second kappa shape index (κ2) is 9.43. The minimum atomic E-state index is -4.84. The summed E-state index contributed by atoms with van der Waals surface area (Å²) in [5, 5.41) is 33.5. The van der Waals surface area contributed by atoms with Gasteiger partial charge in [0.2, 0.25) is 0 Å². The van der Waals surface area contributed by atoms with Crippen LogP contribution >= 0.6 is 0 Å². The molecule has 7 N–H and O–H groups in total. The van der Waals surface area contributed by atoms with Crippen LogP contribution < -0.4 is 11.5 Å². The van der Waals surface area contributed by atoms with Crippen molar-refractivity contribution in [2.45, 2.75) is 4.90 Å². The van der Waals surface area contributed by atoms with Crippen molar-refractivity contribution in [2.75, 3.05) is 11.5 Å². The van der Waals surface area contributed by atoms with E-state index < -0.39 is 32.6 Å². The van der Waals surface area contributed by atoms with Crippen LogP contribution in [0.5, 0.6) is 0 Å². The number of hydrogen-bond donors (Lipinski definition) is 5. The molecule has 0 aliphatic carbocycles. The third-order valence-corrected chi connectivity index (χ3v) is 5.22. The van der Waals surface area contributed by atoms with E-state index in [4.69, 9.17) is 21.7 Å². The number of rotatable bonds is 7. The minimum absolute atomic E-state index is 0.0570. The molecule has 0 bridgehead atoms. The average Bonchev–Trinajstić information content (AvgIpc) is 2.78. The molecule has 0 aromatic heterocycles. The van der Waals surface area contributed by atoms with Gasteiger partial charge in [0, 0.05) is 0 Å². The summed E-state index contributed by atoms with van der Waals surface area (Å²) in [4.78, 5) is 21.5. The van der Waals surface area contributed by atoms with Crippen molar-refractivity contribution in [3.8, 4) is 0 Å². The highest BCUT2D eigenvalue weighted by molar-refractivity contribution is 7.86. The minimum Gasteiger partial charge on any atom is -0.478 e. The zero-order valence-electron chi connectivity index (χ0n) is 17.0. The van der Waals surface area contributed by atoms with E-state index in [-0.39, 0.29) is 39.6 Å². The van der Waals surface area contributed by atoms with Crippen molar-refractivity contribution < 1.29 is 32.8 Å². The van der Waals surface area contributed by atoms with E-state index in [1.165, 1.54) is 48.5 Å². The maximum Gasteiger partial charge on any atom is 0.335 e. The average molecular weight is 484 g/mol. The molecule has 0 atom stereocenters. The van der Waals surface area contributed by atoms with Crippen LogP contribution in [0, 0.1) is 0 Å². The summed E-state index contributed by atoms with van der Waals surface area (Å²) in [5.41, 5.74) is 10.6. The highest BCUT2D eigenvalue weighted by Crippen LogP contribution is 2.43. The van der Waals surface area contributed by atoms with Crippen LogP contribution in [0.15, 0.2) is 79.9 Å². The first-order valence-electron chi connectivity index (χ1n) is 9.17. The molecule has 3 rings (SSSR count). The van der Waals surface area contributed by atoms with Gasteiger partial charge in [0.1, 0.15) is 16.3 Å². The Balaban J connectivity index is 2.11. The third kappa shape index (κ3) is 5.37. The number of carboxylic acid groups (broad SMARTS) is 2. The largest absolute Gasteiger partial charge is 0.478 e. The highest BCUT2D eigenvalue weighted by atomic mass is 32.2. The van der Waals surface area contributed by atoms with Gasteiger partial charge in [-0.2, -0.15) is 18.6 Å². The molecular formula is C20H16N6O7S. The van der Waals surface area contributed by atoms with Crippen molar-refractivity contribution in [2.24, 2.45) is 20.5 Å². The Labute approximate surface area is 191 Å². The fraction of sp³-hybridized carbons (Fsp3) is 0. The molecule has 0 amide bonds. The zero-order valence-corrected chi connectivity index (χ0v) is 17.8. The van der Waals surface area contributed by atoms with Crippen LogP contribution in [0.25, 0.3) is 0 Å². The molecule has 0 unspecified atom stereocenters. The maximum atomic E-state index is 11.8. The van der Waals surface area contributed by atoms with Crippen LogP contribution in [0.2, 0.25) is 0 Å². The van der Waals surface area contributed by atoms with Crippen molar-refractivity contribution >= 4 is 56.2 Å². The van der Waals surface area contributed by atoms with Gasteiger partial charge in [-0.05, 0) is 42.5 Å². The number of azo groups is 2. The van der Waals surface area contributed by atoms with Gasteiger partial charge in [-0.1, -0.05) is 12.1 Å². The predicted octanol–water partition coefficient (Wildman–Crippen LogP) is 4.32. The van der Waals surface area contributed by atoms with Gasteiger partial charge >= 0.3 is 11.9 Å². The lowest BCUT2D eigenvalue weighted by molar-refractivity contribution is 0.0686. The van der Waals surface area contributed by atoms with E-state index in [1.54, 1.807) is 0 Å². The van der Waals surface area contributed by atoms with Gasteiger partial charge in [0.15, 0.2) is 0 Å². The second-order valence-corrected chi connectivity index (χ2v) is 8.05. The number of aromatic carboxylic acids is 2. The number of anilines is 2. The summed E-state index contributed by atoms with van der Waals surface area (Å²) in [6, 6.07) is 11.7. The van der Waals surface area contributed by atoms with E-state index in [1.807, 2.05) is 0 Å². The van der Waals surface area contributed by atoms with Crippen LogP contribution in [0.3, 0.4) is 0 Å². The number of nitrogen functional groups attached to an aromatic ring is 2. The molecule has 34 heavy (non-hydrogen) atoms. The lowest BCUT2D eigenvalue weighted by Gasteiger charge is -2.10. The first kappa shape index (κ1) is 24.0. The molecule has 14 heteroatoms. The molecule has 3 aromatic carbocycles. The Hall–Kier alpha value is -4.69. The standard InChI is InChI=1S/C20H16N6O7S/c21-16-14(25-23-12-5-1-3-10(7-12)19(27)28)9-15(34(31,32)33)17(22)18(16)26-24-13-6-2-4-11(8-13)20(29)30/h1-9H,21-22H2,(H,27,28)(H,29,30)(H,31,32,33)/b25-23+,26-24+. The lowest BCUT2D eigenvalue weighted by atomic mass is 10.2. The Morgan fingerprint density at radius 3 is 1.71 bits per heavy atom. The quantitative estimate of drug-likeness (QED) is 0.182. The normalized spacial score (nSPS) is 11.8. The van der Waals surface area contributed by atoms with Gasteiger partial charge in [-0.25, -0.2) is 9.59 Å². The van der Waals surface area contributed by atoms with E-state index >= 15 is 0 Å². The van der Waals surface area contributed by atoms with E-state index in [0.29, 0.717) is 0 Å². The molecular weight excluding hydrogens is 468 g/mol. The Morgan fingerprint density at radius 2 is 1.24 bits per heavy atom. The maximum absolute atomic E-state index is 11.8. The molecule has 3 aromatic rings. The van der Waals surface area contributed by atoms with Crippen molar-refractivity contribution in [3.63, 3.8) is 0 Å². The summed E-state index contributed by atoms with van der Waals surface area (Å²) in [5.74, 6) is -2.38. The third-order valence-electron chi connectivity index (χ3n) is 4.32. The number of carboxylic acids is 2. The molecule has 0 saturated carbocycles. The van der Waals surface area contributed by atoms with E-state index in [0.717, 1.165) is 6.07 Å². The number of nitrogens with two attached hydrogens (primary N) is 2. The number of nitrogens with zero attached hydrogens (tertiary/aromatic N) is 4. The molecule has 0 saturated heterocycles. The second-order valence-electron chi connectivity index (χ2n) is 6.66. The SMILES string of the molecule is Nc1c(/N=N/c2cccc(C(=O)O)c2)cc(S(=O)(=O)O)c(N)c1/N=N/c1cccc(C(=O)O)c1. The summed E-state index contributed by atoms with van der Waals surface area (Å²) in [7, 11) is -4.84. The van der Waals surface area contributed by atoms with Crippen molar-refractivity contribution in [1.29, 1.82) is 0 Å². The van der Waals surface area contributed by atoms with E-state index in [9.17, 15) is 22.6 Å². The molecule has 0 radical (unpaired) electrons. The Kier molecular flexibility index (Phi) is 6.65. The van der Waals surface area contributed by atoms with Crippen LogP contribution in [0.4, 0.5) is 34.1 Å². The molecule has 0 fully saturated rings. The fourth-order valence-electron chi connectivity index (χ4n) is 2.69. The first-order chi connectivity index (χ1) is 16.0. The predicted molar refractivity (Wildman–Crippen MR) is 120 cm³/mol. The van der Waals surface area contributed by atoms with Gasteiger partial charge in [0.05, 0.1) is 33.9 Å². The molecule has 0 heterocycles. The molecule has 174 valence electrons. The Bertz CT molecular complexity index is 1470. The fourth-order valence-corrected chi connectivity index (χ4v) is 3.32. The van der Waals surface area contributed by atoms with Crippen LogP contribution in [-0.2, 0) is 10.1 Å². The highest BCUT2D eigenvalue weighted by Gasteiger charge is 2.22.